The molecule has 1 atom stereocenters. The fourth-order valence-electron chi connectivity index (χ4n) is 4.65. The van der Waals surface area contributed by atoms with Crippen molar-refractivity contribution in [2.24, 2.45) is 0 Å². The minimum Gasteiger partial charge on any atom is -0.508 e. The van der Waals surface area contributed by atoms with Crippen molar-refractivity contribution < 1.29 is 28.5 Å². The van der Waals surface area contributed by atoms with Gasteiger partial charge in [0.25, 0.3) is 0 Å². The number of rotatable bonds is 18. The molecule has 38 heavy (non-hydrogen) atoms. The summed E-state index contributed by atoms with van der Waals surface area (Å²) >= 11 is 0. The van der Waals surface area contributed by atoms with Crippen molar-refractivity contribution in [3.63, 3.8) is 0 Å². The maximum atomic E-state index is 12.8. The van der Waals surface area contributed by atoms with Crippen molar-refractivity contribution in [2.45, 2.75) is 80.6 Å². The number of hydrogen-bond donors (Lipinski definition) is 4. The van der Waals surface area contributed by atoms with Crippen molar-refractivity contribution in [3.05, 3.63) is 71.3 Å². The molecule has 0 aromatic heterocycles. The molecule has 0 radical (unpaired) electrons. The Balaban J connectivity index is 1.17. The number of nitrogens with one attached hydrogen (secondary N) is 1. The number of aromatic hydroxyl groups is 1. The van der Waals surface area contributed by atoms with Crippen molar-refractivity contribution in [3.8, 4) is 5.75 Å². The lowest BCUT2D eigenvalue weighted by molar-refractivity contribution is 0.126. The number of aliphatic hydroxyl groups is 2. The van der Waals surface area contributed by atoms with Crippen LogP contribution in [0.1, 0.15) is 74.2 Å². The van der Waals surface area contributed by atoms with Gasteiger partial charge in [0.15, 0.2) is 9.84 Å². The fraction of sp³-hybridized carbons (Fsp3) is 0.533. The van der Waals surface area contributed by atoms with Crippen LogP contribution >= 0.6 is 0 Å². The minimum absolute atomic E-state index is 0.0356. The van der Waals surface area contributed by atoms with E-state index in [1.54, 1.807) is 18.2 Å². The van der Waals surface area contributed by atoms with Crippen molar-refractivity contribution in [1.82, 2.24) is 5.32 Å². The quantitative estimate of drug-likeness (QED) is 0.160. The summed E-state index contributed by atoms with van der Waals surface area (Å²) in [4.78, 5) is 0.445. The lowest BCUT2D eigenvalue weighted by atomic mass is 10.1. The van der Waals surface area contributed by atoms with Crippen LogP contribution in [-0.4, -0.2) is 55.3 Å². The van der Waals surface area contributed by atoms with Gasteiger partial charge in [-0.2, -0.15) is 0 Å². The summed E-state index contributed by atoms with van der Waals surface area (Å²) < 4.78 is 31.3. The van der Waals surface area contributed by atoms with Gasteiger partial charge in [0, 0.05) is 25.3 Å². The first-order valence-corrected chi connectivity index (χ1v) is 15.3. The Morgan fingerprint density at radius 1 is 0.947 bits per heavy atom. The molecule has 1 aliphatic rings. The molecule has 0 bridgehead atoms. The molecule has 0 aliphatic heterocycles. The molecule has 8 heteroatoms. The molecule has 0 unspecified atom stereocenters. The molecular formula is C30H43NO6S. The van der Waals surface area contributed by atoms with Crippen LogP contribution in [0.4, 0.5) is 0 Å². The molecule has 0 amide bonds. The number of aliphatic hydroxyl groups excluding tert-OH is 2. The Labute approximate surface area is 227 Å². The monoisotopic (exact) mass is 545 g/mol. The number of allylic oxidation sites excluding steroid dienone is 2. The number of unbranched alkanes of at least 4 members (excludes halogenated alkanes) is 4. The normalized spacial score (nSPS) is 14.8. The average Bonchev–Trinajstić information content (AvgIpc) is 3.48. The molecule has 210 valence electrons. The molecule has 0 heterocycles. The SMILES string of the molecule is O=S(=O)(c1cccc(CCCCOCCCCCCNC[C@H](O)c2ccc(O)c(CO)c2)c1)C1CC=CC1. The smallest absolute Gasteiger partial charge is 0.181 e. The zero-order valence-electron chi connectivity index (χ0n) is 22.2. The van der Waals surface area contributed by atoms with E-state index in [9.17, 15) is 23.7 Å². The molecule has 0 saturated carbocycles. The highest BCUT2D eigenvalue weighted by atomic mass is 32.2. The summed E-state index contributed by atoms with van der Waals surface area (Å²) in [5, 5.41) is 32.1. The standard InChI is InChI=1S/C30H43NO6S/c32-23-26-21-25(15-16-29(26)33)30(34)22-31-17-6-1-2-7-18-37-19-8-5-10-24-11-9-14-28(20-24)38(35,36)27-12-3-4-13-27/h3-4,9,11,14-16,20-21,27,30-34H,1-2,5-8,10,12-13,17-19,22-23H2/t30-/m0/s1. The van der Waals surface area contributed by atoms with Gasteiger partial charge >= 0.3 is 0 Å². The molecule has 2 aromatic rings. The van der Waals surface area contributed by atoms with Gasteiger partial charge < -0.3 is 25.4 Å². The molecule has 2 aromatic carbocycles. The van der Waals surface area contributed by atoms with Crippen LogP contribution in [0.3, 0.4) is 0 Å². The van der Waals surface area contributed by atoms with E-state index in [4.69, 9.17) is 4.74 Å². The zero-order valence-corrected chi connectivity index (χ0v) is 23.0. The van der Waals surface area contributed by atoms with E-state index >= 15 is 0 Å². The largest absolute Gasteiger partial charge is 0.508 e. The van der Waals surface area contributed by atoms with Gasteiger partial charge in [-0.15, -0.1) is 0 Å². The Morgan fingerprint density at radius 2 is 1.68 bits per heavy atom. The van der Waals surface area contributed by atoms with Crippen LogP contribution in [0.2, 0.25) is 0 Å². The van der Waals surface area contributed by atoms with Crippen LogP contribution in [0.25, 0.3) is 0 Å². The number of aryl methyl sites for hydroxylation is 1. The van der Waals surface area contributed by atoms with Crippen molar-refractivity contribution in [2.75, 3.05) is 26.3 Å². The van der Waals surface area contributed by atoms with E-state index in [1.807, 2.05) is 30.4 Å². The molecule has 3 rings (SSSR count). The third-order valence-electron chi connectivity index (χ3n) is 7.02. The molecule has 7 nitrogen and oxygen atoms in total. The summed E-state index contributed by atoms with van der Waals surface area (Å²) in [7, 11) is -3.25. The highest BCUT2D eigenvalue weighted by Crippen LogP contribution is 2.26. The number of hydrogen-bond acceptors (Lipinski definition) is 7. The van der Waals surface area contributed by atoms with Gasteiger partial charge in [-0.1, -0.05) is 43.2 Å². The van der Waals surface area contributed by atoms with Crippen LogP contribution in [0, 0.1) is 0 Å². The highest BCUT2D eigenvalue weighted by molar-refractivity contribution is 7.92. The summed E-state index contributed by atoms with van der Waals surface area (Å²) in [5.41, 5.74) is 2.16. The lowest BCUT2D eigenvalue weighted by Gasteiger charge is -2.14. The van der Waals surface area contributed by atoms with E-state index in [0.29, 0.717) is 35.4 Å². The summed E-state index contributed by atoms with van der Waals surface area (Å²) in [6, 6.07) is 12.2. The van der Waals surface area contributed by atoms with E-state index in [1.165, 1.54) is 6.07 Å². The molecule has 0 saturated heterocycles. The molecule has 0 fully saturated rings. The van der Waals surface area contributed by atoms with Gasteiger partial charge in [0.1, 0.15) is 5.75 Å². The number of phenols is 1. The maximum absolute atomic E-state index is 12.8. The zero-order chi connectivity index (χ0) is 27.2. The number of benzene rings is 2. The van der Waals surface area contributed by atoms with E-state index in [2.05, 4.69) is 5.32 Å². The van der Waals surface area contributed by atoms with Gasteiger partial charge in [-0.3, -0.25) is 0 Å². The Hall–Kier alpha value is -2.23. The van der Waals surface area contributed by atoms with E-state index < -0.39 is 15.9 Å². The predicted octanol–water partition coefficient (Wildman–Crippen LogP) is 4.60. The van der Waals surface area contributed by atoms with Crippen LogP contribution in [-0.2, 0) is 27.6 Å². The first kappa shape index (κ1) is 30.3. The number of sulfone groups is 1. The third kappa shape index (κ3) is 9.50. The average molecular weight is 546 g/mol. The topological polar surface area (TPSA) is 116 Å². The first-order valence-electron chi connectivity index (χ1n) is 13.8. The van der Waals surface area contributed by atoms with Gasteiger partial charge in [0.05, 0.1) is 22.9 Å². The second kappa shape index (κ2) is 16.0. The Bertz CT molecular complexity index is 1110. The van der Waals surface area contributed by atoms with Gasteiger partial charge in [-0.25, -0.2) is 8.42 Å². The van der Waals surface area contributed by atoms with Crippen LogP contribution < -0.4 is 5.32 Å². The molecule has 1 aliphatic carbocycles. The van der Waals surface area contributed by atoms with Gasteiger partial charge in [0.2, 0.25) is 0 Å². The summed E-state index contributed by atoms with van der Waals surface area (Å²) in [6.07, 6.45) is 11.5. The van der Waals surface area contributed by atoms with E-state index in [-0.39, 0.29) is 17.6 Å². The van der Waals surface area contributed by atoms with E-state index in [0.717, 1.165) is 70.3 Å². The second-order valence-electron chi connectivity index (χ2n) is 10.0. The first-order chi connectivity index (χ1) is 18.4. The third-order valence-corrected chi connectivity index (χ3v) is 9.20. The second-order valence-corrected chi connectivity index (χ2v) is 12.2. The Morgan fingerprint density at radius 3 is 2.45 bits per heavy atom. The predicted molar refractivity (Wildman–Crippen MR) is 150 cm³/mol. The molecular weight excluding hydrogens is 502 g/mol. The lowest BCUT2D eigenvalue weighted by Crippen LogP contribution is -2.22. The van der Waals surface area contributed by atoms with Gasteiger partial charge in [-0.05, 0) is 86.9 Å². The van der Waals surface area contributed by atoms with Crippen molar-refractivity contribution in [1.29, 1.82) is 0 Å². The number of ether oxygens (including phenoxy) is 1. The highest BCUT2D eigenvalue weighted by Gasteiger charge is 2.27. The maximum Gasteiger partial charge on any atom is 0.181 e. The Kier molecular flexibility index (Phi) is 12.8. The van der Waals surface area contributed by atoms with Crippen molar-refractivity contribution >= 4 is 9.84 Å². The summed E-state index contributed by atoms with van der Waals surface area (Å²) in [6.45, 7) is 2.47. The summed E-state index contributed by atoms with van der Waals surface area (Å²) in [5.74, 6) is 0.0356. The molecule has 4 N–H and O–H groups in total. The van der Waals surface area contributed by atoms with Crippen LogP contribution in [0.15, 0.2) is 59.5 Å². The van der Waals surface area contributed by atoms with Crippen LogP contribution in [0.5, 0.6) is 5.75 Å². The minimum atomic E-state index is -3.25. The fourth-order valence-corrected chi connectivity index (χ4v) is 6.35. The molecule has 0 spiro atoms.